The molecule has 6 nitrogen and oxygen atoms in total. The Balaban J connectivity index is 1.99. The van der Waals surface area contributed by atoms with Gasteiger partial charge in [0, 0.05) is 11.3 Å². The lowest BCUT2D eigenvalue weighted by molar-refractivity contribution is -0.491. The lowest BCUT2D eigenvalue weighted by Gasteiger charge is -2.23. The van der Waals surface area contributed by atoms with Gasteiger partial charge in [0.15, 0.2) is 6.29 Å². The van der Waals surface area contributed by atoms with E-state index < -0.39 is 17.6 Å². The van der Waals surface area contributed by atoms with E-state index in [2.05, 4.69) is 0 Å². The predicted molar refractivity (Wildman–Crippen MR) is 67.5 cm³/mol. The van der Waals surface area contributed by atoms with Gasteiger partial charge in [-0.2, -0.15) is 0 Å². The van der Waals surface area contributed by atoms with Crippen LogP contribution in [0.3, 0.4) is 0 Å². The van der Waals surface area contributed by atoms with Gasteiger partial charge >= 0.3 is 0 Å². The Labute approximate surface area is 111 Å². The van der Waals surface area contributed by atoms with E-state index in [1.807, 2.05) is 0 Å². The maximum atomic E-state index is 10.4. The second-order valence-corrected chi connectivity index (χ2v) is 4.52. The largest absolute Gasteiger partial charge is 0.465 e. The van der Waals surface area contributed by atoms with E-state index in [1.54, 1.807) is 24.3 Å². The summed E-state index contributed by atoms with van der Waals surface area (Å²) in [5.41, 5.74) is 0.477. The van der Waals surface area contributed by atoms with Gasteiger partial charge in [0.25, 0.3) is 0 Å². The van der Waals surface area contributed by atoms with E-state index in [9.17, 15) is 15.2 Å². The molecule has 1 aromatic carbocycles. The Kier molecular flexibility index (Phi) is 4.70. The third kappa shape index (κ3) is 4.18. The highest BCUT2D eigenvalue weighted by atomic mass is 16.7. The molecule has 19 heavy (non-hydrogen) atoms. The maximum Gasteiger partial charge on any atom is 0.233 e. The molecule has 1 N–H and O–H groups in total. The molecule has 0 bridgehead atoms. The summed E-state index contributed by atoms with van der Waals surface area (Å²) >= 11 is 0. The number of aliphatic hydroxyl groups excluding tert-OH is 1. The second kappa shape index (κ2) is 6.49. The first-order valence-electron chi connectivity index (χ1n) is 6.33. The molecule has 0 spiro atoms. The zero-order valence-electron chi connectivity index (χ0n) is 10.5. The van der Waals surface area contributed by atoms with Crippen molar-refractivity contribution in [1.29, 1.82) is 0 Å². The normalized spacial score (nSPS) is 20.8. The van der Waals surface area contributed by atoms with E-state index >= 15 is 0 Å². The van der Waals surface area contributed by atoms with Gasteiger partial charge in [-0.05, 0) is 30.5 Å². The number of benzene rings is 1. The molecule has 2 unspecified atom stereocenters. The average Bonchev–Trinajstić information content (AvgIpc) is 2.39. The van der Waals surface area contributed by atoms with Crippen LogP contribution in [0, 0.1) is 10.1 Å². The fourth-order valence-electron chi connectivity index (χ4n) is 2.00. The third-order valence-corrected chi connectivity index (χ3v) is 2.97. The van der Waals surface area contributed by atoms with Gasteiger partial charge in [0.05, 0.1) is 6.61 Å². The van der Waals surface area contributed by atoms with Crippen molar-refractivity contribution in [2.45, 2.75) is 31.7 Å². The Bertz CT molecular complexity index is 431. The summed E-state index contributed by atoms with van der Waals surface area (Å²) in [5.74, 6) is 0.562. The van der Waals surface area contributed by atoms with Crippen molar-refractivity contribution < 1.29 is 19.5 Å². The smallest absolute Gasteiger partial charge is 0.233 e. The molecular formula is C13H17NO5. The van der Waals surface area contributed by atoms with Crippen LogP contribution in [0.15, 0.2) is 24.3 Å². The van der Waals surface area contributed by atoms with Crippen molar-refractivity contribution in [2.75, 3.05) is 13.2 Å². The highest BCUT2D eigenvalue weighted by molar-refractivity contribution is 5.30. The summed E-state index contributed by atoms with van der Waals surface area (Å²) in [4.78, 5) is 9.84. The third-order valence-electron chi connectivity index (χ3n) is 2.97. The molecule has 1 aliphatic rings. The zero-order chi connectivity index (χ0) is 13.7. The van der Waals surface area contributed by atoms with Gasteiger partial charge in [-0.15, -0.1) is 0 Å². The van der Waals surface area contributed by atoms with Gasteiger partial charge in [-0.25, -0.2) is 0 Å². The molecule has 0 aromatic heterocycles. The summed E-state index contributed by atoms with van der Waals surface area (Å²) in [7, 11) is 0. The fraction of sp³-hybridized carbons (Fsp3) is 0.538. The minimum absolute atomic E-state index is 0.267. The second-order valence-electron chi connectivity index (χ2n) is 4.52. The van der Waals surface area contributed by atoms with Crippen LogP contribution in [0.4, 0.5) is 0 Å². The molecule has 0 aliphatic carbocycles. The molecule has 1 aliphatic heterocycles. The quantitative estimate of drug-likeness (QED) is 0.651. The van der Waals surface area contributed by atoms with Crippen LogP contribution in [-0.2, 0) is 4.74 Å². The maximum absolute atomic E-state index is 10.4. The topological polar surface area (TPSA) is 81.8 Å². The molecule has 1 fully saturated rings. The number of aliphatic hydroxyl groups is 1. The number of ether oxygens (including phenoxy) is 2. The summed E-state index contributed by atoms with van der Waals surface area (Å²) < 4.78 is 11.1. The van der Waals surface area contributed by atoms with Crippen LogP contribution in [0.5, 0.6) is 5.75 Å². The van der Waals surface area contributed by atoms with Crippen LogP contribution in [-0.4, -0.2) is 29.5 Å². The standard InChI is InChI=1S/C13H17NO5/c15-12(9-14(16)17)10-4-3-5-11(8-10)19-13-6-1-2-7-18-13/h3-5,8,12-13,15H,1-2,6-7,9H2. The molecule has 0 amide bonds. The average molecular weight is 267 g/mol. The Hall–Kier alpha value is -1.66. The van der Waals surface area contributed by atoms with Crippen molar-refractivity contribution in [1.82, 2.24) is 0 Å². The molecule has 2 rings (SSSR count). The van der Waals surface area contributed by atoms with Crippen molar-refractivity contribution in [2.24, 2.45) is 0 Å². The monoisotopic (exact) mass is 267 g/mol. The van der Waals surface area contributed by atoms with Gasteiger partial charge in [-0.1, -0.05) is 12.1 Å². The lowest BCUT2D eigenvalue weighted by Crippen LogP contribution is -2.25. The highest BCUT2D eigenvalue weighted by Crippen LogP contribution is 2.23. The lowest BCUT2D eigenvalue weighted by atomic mass is 10.1. The fourth-order valence-corrected chi connectivity index (χ4v) is 2.00. The molecular weight excluding hydrogens is 250 g/mol. The molecule has 6 heteroatoms. The van der Waals surface area contributed by atoms with E-state index in [0.717, 1.165) is 19.3 Å². The van der Waals surface area contributed by atoms with Crippen molar-refractivity contribution in [3.8, 4) is 5.75 Å². The van der Waals surface area contributed by atoms with Crippen LogP contribution in [0.25, 0.3) is 0 Å². The SMILES string of the molecule is O=[N+]([O-])CC(O)c1cccc(OC2CCCCO2)c1. The minimum atomic E-state index is -1.12. The Morgan fingerprint density at radius 2 is 2.37 bits per heavy atom. The first-order valence-corrected chi connectivity index (χ1v) is 6.33. The molecule has 0 radical (unpaired) electrons. The van der Waals surface area contributed by atoms with E-state index in [4.69, 9.17) is 9.47 Å². The van der Waals surface area contributed by atoms with E-state index in [0.29, 0.717) is 17.9 Å². The van der Waals surface area contributed by atoms with Gasteiger partial charge in [-0.3, -0.25) is 10.1 Å². The van der Waals surface area contributed by atoms with Crippen molar-refractivity contribution in [3.05, 3.63) is 39.9 Å². The minimum Gasteiger partial charge on any atom is -0.465 e. The van der Waals surface area contributed by atoms with E-state index in [1.165, 1.54) is 0 Å². The van der Waals surface area contributed by atoms with E-state index in [-0.39, 0.29) is 6.29 Å². The van der Waals surface area contributed by atoms with Crippen LogP contribution in [0.1, 0.15) is 30.9 Å². The van der Waals surface area contributed by atoms with Gasteiger partial charge < -0.3 is 14.6 Å². The molecule has 1 heterocycles. The summed E-state index contributed by atoms with van der Waals surface area (Å²) in [5, 5.41) is 20.1. The highest BCUT2D eigenvalue weighted by Gasteiger charge is 2.17. The summed E-state index contributed by atoms with van der Waals surface area (Å²) in [6.45, 7) is 0.178. The number of nitro groups is 1. The van der Waals surface area contributed by atoms with Crippen LogP contribution >= 0.6 is 0 Å². The van der Waals surface area contributed by atoms with Gasteiger partial charge in [0.2, 0.25) is 6.54 Å². The first kappa shape index (κ1) is 13.8. The van der Waals surface area contributed by atoms with Crippen molar-refractivity contribution >= 4 is 0 Å². The first-order chi connectivity index (χ1) is 9.15. The molecule has 0 saturated carbocycles. The molecule has 104 valence electrons. The predicted octanol–water partition coefficient (Wildman–Crippen LogP) is 1.90. The number of nitrogens with zero attached hydrogens (tertiary/aromatic N) is 1. The Morgan fingerprint density at radius 1 is 1.53 bits per heavy atom. The number of hydrogen-bond donors (Lipinski definition) is 1. The number of rotatable bonds is 5. The molecule has 1 saturated heterocycles. The molecule has 2 atom stereocenters. The molecule has 1 aromatic rings. The van der Waals surface area contributed by atoms with Crippen molar-refractivity contribution in [3.63, 3.8) is 0 Å². The number of hydrogen-bond acceptors (Lipinski definition) is 5. The zero-order valence-corrected chi connectivity index (χ0v) is 10.5. The summed E-state index contributed by atoms with van der Waals surface area (Å²) in [6.07, 6.45) is 1.56. The summed E-state index contributed by atoms with van der Waals surface area (Å²) in [6, 6.07) is 6.71. The van der Waals surface area contributed by atoms with Gasteiger partial charge in [0.1, 0.15) is 11.9 Å². The van der Waals surface area contributed by atoms with Crippen LogP contribution < -0.4 is 4.74 Å². The Morgan fingerprint density at radius 3 is 3.05 bits per heavy atom. The van der Waals surface area contributed by atoms with Crippen LogP contribution in [0.2, 0.25) is 0 Å².